The summed E-state index contributed by atoms with van der Waals surface area (Å²) in [6.45, 7) is 17.5. The van der Waals surface area contributed by atoms with Gasteiger partial charge in [-0.05, 0) is 160 Å². The minimum Gasteiger partial charge on any atom is -0.508 e. The third-order valence-electron chi connectivity index (χ3n) is 22.2. The van der Waals surface area contributed by atoms with Gasteiger partial charge in [-0.25, -0.2) is 24.9 Å². The fourth-order valence-electron chi connectivity index (χ4n) is 15.1. The van der Waals surface area contributed by atoms with Crippen LogP contribution in [-0.2, 0) is 0 Å². The number of aromatic nitrogens is 10. The highest BCUT2D eigenvalue weighted by atomic mass is 35.5. The number of allylic oxidation sites excluding steroid dienone is 2. The van der Waals surface area contributed by atoms with Crippen LogP contribution in [0.3, 0.4) is 0 Å². The van der Waals surface area contributed by atoms with E-state index >= 15 is 0 Å². The number of benzene rings is 14. The standard InChI is InChI=1S/C23H20N2O.C22H16Cl2N2O2.C22H17N3O3.C21H14Cl2N2O2.C21H19N3O3/c1-15-11-12-16(2)20(13-15)22-21(17-7-4-3-5-8-17)24-23(25-22)18-9-6-10-19(26)14-18;1-28-18-11-10-14(12-17(18)27)22-25-20(13-6-3-2-4-7-13)21(26-22)15-8-5-9-16(23)19(15)24;1-14-10-11-17(25(27)28)13-19(14)21-20(15-6-3-2-4-7-15)23-22(24-21)16-8-5-9-18(26)12-16;22-15-8-4-7-14(18(15)23)20-19(12-5-2-1-3-6-12)24-21(25-20)13-9-10-16(26)17(27)11-13;1-5-12(2)19-20(17-11-16(24(26)27)8-6-13(17)3)23-21(22-19)15-7-9-18(25)14(4)10-15/h3-14,26H,1-2H3,(H,24,25);2-12,27H,1H3,(H,25,26);2-13,26H,1H3,(H,23,24);1-11,26-27H,(H,24,25);5-11,25H,1-2H2,3-4H3,(H,22,23). The molecule has 676 valence electrons. The van der Waals surface area contributed by atoms with Crippen LogP contribution in [0, 0.1) is 54.8 Å². The van der Waals surface area contributed by atoms with E-state index in [0.29, 0.717) is 99.9 Å². The number of hydrogen-bond acceptors (Lipinski definition) is 16. The van der Waals surface area contributed by atoms with Crippen LogP contribution < -0.4 is 4.74 Å². The Hall–Kier alpha value is -16.8. The summed E-state index contributed by atoms with van der Waals surface area (Å²) in [6, 6.07) is 95.0. The largest absolute Gasteiger partial charge is 0.508 e. The zero-order valence-electron chi connectivity index (χ0n) is 73.9. The molecule has 11 N–H and O–H groups in total. The summed E-state index contributed by atoms with van der Waals surface area (Å²) in [4.78, 5) is 62.1. The van der Waals surface area contributed by atoms with Crippen LogP contribution in [0.4, 0.5) is 11.4 Å². The zero-order chi connectivity index (χ0) is 96.1. The van der Waals surface area contributed by atoms with Gasteiger partial charge in [-0.1, -0.05) is 265 Å². The van der Waals surface area contributed by atoms with Gasteiger partial charge in [0.1, 0.15) is 46.4 Å². The number of halogens is 4. The van der Waals surface area contributed by atoms with Crippen molar-refractivity contribution in [1.29, 1.82) is 0 Å². The molecule has 19 aromatic rings. The Morgan fingerprint density at radius 2 is 0.669 bits per heavy atom. The van der Waals surface area contributed by atoms with Gasteiger partial charge in [-0.3, -0.25) is 20.2 Å². The maximum Gasteiger partial charge on any atom is 0.270 e. The molecule has 0 fully saturated rings. The first kappa shape index (κ1) is 93.8. The lowest BCUT2D eigenvalue weighted by molar-refractivity contribution is -0.385. The molecule has 0 spiro atoms. The van der Waals surface area contributed by atoms with Gasteiger partial charge >= 0.3 is 0 Å². The van der Waals surface area contributed by atoms with Gasteiger partial charge in [-0.15, -0.1) is 0 Å². The Morgan fingerprint density at radius 3 is 1.05 bits per heavy atom. The predicted octanol–water partition coefficient (Wildman–Crippen LogP) is 28.8. The van der Waals surface area contributed by atoms with Gasteiger partial charge in [0.15, 0.2) is 23.0 Å². The maximum absolute atomic E-state index is 11.3. The molecule has 0 saturated heterocycles. The lowest BCUT2D eigenvalue weighted by atomic mass is 9.99. The summed E-state index contributed by atoms with van der Waals surface area (Å²) in [5, 5.41) is 83.2. The number of aromatic amines is 5. The van der Waals surface area contributed by atoms with E-state index in [0.717, 1.165) is 112 Å². The number of aryl methyl sites for hydroxylation is 5. The van der Waals surface area contributed by atoms with Crippen LogP contribution in [0.15, 0.2) is 335 Å². The first-order valence-electron chi connectivity index (χ1n) is 42.4. The number of ether oxygens (including phenoxy) is 1. The number of nitro groups is 2. The van der Waals surface area contributed by atoms with E-state index in [1.165, 1.54) is 48.6 Å². The molecule has 0 unspecified atom stereocenters. The topological polar surface area (TPSA) is 360 Å². The Balaban J connectivity index is 0.000000129. The summed E-state index contributed by atoms with van der Waals surface area (Å²) >= 11 is 25.3. The van der Waals surface area contributed by atoms with E-state index in [4.69, 9.17) is 71.1 Å². The monoisotopic (exact) mass is 1880 g/mol. The van der Waals surface area contributed by atoms with Crippen LogP contribution in [0.2, 0.25) is 20.1 Å². The Bertz CT molecular complexity index is 7670. The van der Waals surface area contributed by atoms with Crippen molar-refractivity contribution in [1.82, 2.24) is 49.8 Å². The van der Waals surface area contributed by atoms with Gasteiger partial charge in [0.25, 0.3) is 11.4 Å². The molecule has 0 saturated carbocycles. The molecule has 14 aromatic carbocycles. The second-order valence-corrected chi connectivity index (χ2v) is 33.0. The average Bonchev–Trinajstić information content (AvgIpc) is 1.68. The fourth-order valence-corrected chi connectivity index (χ4v) is 15.9. The summed E-state index contributed by atoms with van der Waals surface area (Å²) in [5.74, 6) is 3.66. The summed E-state index contributed by atoms with van der Waals surface area (Å²) in [7, 11) is 1.51. The van der Waals surface area contributed by atoms with Gasteiger partial charge in [0, 0.05) is 102 Å². The van der Waals surface area contributed by atoms with Crippen molar-refractivity contribution in [3.63, 3.8) is 0 Å². The van der Waals surface area contributed by atoms with Gasteiger partial charge in [-0.2, -0.15) is 0 Å². The van der Waals surface area contributed by atoms with Crippen molar-refractivity contribution in [2.75, 3.05) is 7.11 Å². The first-order valence-corrected chi connectivity index (χ1v) is 43.9. The molecule has 0 amide bonds. The number of H-pyrrole nitrogens is 5. The predicted molar refractivity (Wildman–Crippen MR) is 542 cm³/mol. The molecule has 0 aliphatic carbocycles. The van der Waals surface area contributed by atoms with Crippen LogP contribution >= 0.6 is 46.4 Å². The second kappa shape index (κ2) is 41.7. The Morgan fingerprint density at radius 1 is 0.331 bits per heavy atom. The lowest BCUT2D eigenvalue weighted by Gasteiger charge is -2.08. The van der Waals surface area contributed by atoms with Crippen LogP contribution in [-0.4, -0.2) is 97.4 Å². The number of rotatable bonds is 19. The van der Waals surface area contributed by atoms with Gasteiger partial charge in [0.2, 0.25) is 0 Å². The quantitative estimate of drug-likeness (QED) is 0.0155. The smallest absolute Gasteiger partial charge is 0.270 e. The van der Waals surface area contributed by atoms with Crippen LogP contribution in [0.25, 0.3) is 164 Å². The highest BCUT2D eigenvalue weighted by Crippen LogP contribution is 2.46. The number of phenols is 6. The van der Waals surface area contributed by atoms with Crippen molar-refractivity contribution in [3.05, 3.63) is 409 Å². The third-order valence-corrected chi connectivity index (χ3v) is 23.8. The maximum atomic E-state index is 11.3. The normalized spacial score (nSPS) is 10.8. The van der Waals surface area contributed by atoms with Crippen molar-refractivity contribution in [2.24, 2.45) is 0 Å². The minimum absolute atomic E-state index is 0.00222. The van der Waals surface area contributed by atoms with E-state index in [1.807, 2.05) is 178 Å². The number of methoxy groups -OCH3 is 1. The molecule has 5 heterocycles. The lowest BCUT2D eigenvalue weighted by Crippen LogP contribution is -1.93. The van der Waals surface area contributed by atoms with E-state index in [9.17, 15) is 50.9 Å². The summed E-state index contributed by atoms with van der Waals surface area (Å²) < 4.78 is 5.12. The molecule has 0 aliphatic rings. The van der Waals surface area contributed by atoms with E-state index in [1.54, 1.807) is 104 Å². The number of nitrogens with one attached hydrogen (secondary N) is 5. The van der Waals surface area contributed by atoms with Crippen molar-refractivity contribution in [3.8, 4) is 199 Å². The van der Waals surface area contributed by atoms with Gasteiger partial charge < -0.3 is 60.3 Å². The molecule has 136 heavy (non-hydrogen) atoms. The molecule has 5 aromatic heterocycles. The average molecular weight is 1880 g/mol. The second-order valence-electron chi connectivity index (χ2n) is 31.5. The molecule has 0 aliphatic heterocycles. The Kier molecular flexibility index (Phi) is 28.8. The highest BCUT2D eigenvalue weighted by molar-refractivity contribution is 6.44. The molecule has 23 nitrogen and oxygen atoms in total. The summed E-state index contributed by atoms with van der Waals surface area (Å²) in [6.07, 6.45) is 1.60. The number of nitrogens with zero attached hydrogens (tertiary/aromatic N) is 7. The van der Waals surface area contributed by atoms with Crippen molar-refractivity contribution in [2.45, 2.75) is 34.6 Å². The number of aromatic hydroxyl groups is 6. The molecule has 19 rings (SSSR count). The molecule has 0 bridgehead atoms. The first-order chi connectivity index (χ1) is 65.6. The minimum atomic E-state index is -0.425. The molecular formula is C109H86Cl4N12O11. The van der Waals surface area contributed by atoms with E-state index in [2.05, 4.69) is 87.2 Å². The van der Waals surface area contributed by atoms with Crippen LogP contribution in [0.1, 0.15) is 33.5 Å². The third kappa shape index (κ3) is 21.2. The summed E-state index contributed by atoms with van der Waals surface area (Å²) in [5.41, 5.74) is 24.5. The number of imidazole rings is 5. The number of non-ortho nitro benzene ring substituents is 2. The van der Waals surface area contributed by atoms with Crippen molar-refractivity contribution < 1.29 is 45.2 Å². The fraction of sp³-hybridized carbons (Fsp3) is 0.0550. The number of phenolic OH excluding ortho intramolecular Hbond substituents is 6. The van der Waals surface area contributed by atoms with E-state index in [-0.39, 0.29) is 45.9 Å². The Labute approximate surface area is 801 Å². The molecule has 0 atom stereocenters. The van der Waals surface area contributed by atoms with Crippen molar-refractivity contribution >= 4 is 63.4 Å². The molecular weight excluding hydrogens is 1800 g/mol. The number of hydrogen-bond donors (Lipinski definition) is 11. The van der Waals surface area contributed by atoms with E-state index < -0.39 is 9.85 Å². The molecule has 27 heteroatoms. The highest BCUT2D eigenvalue weighted by Gasteiger charge is 2.26. The SMILES string of the molecule is C=CC(=C)c1nc(-c2ccc(O)c(C)c2)[nH]c1-c1cc([N+](=O)[O-])ccc1C.COc1ccc(-c2nc(-c3ccccc3)c(-c3cccc(Cl)c3Cl)[nH]2)cc1O.Cc1ccc(C)c(-c2[nH]c(-c3cccc(O)c3)nc2-c2ccccc2)c1.Cc1ccc([N+](=O)[O-])cc1-c1[nH]c(-c2cccc(O)c2)nc1-c1ccccc1.Oc1ccc(-c2nc(-c3ccccc3)c(-c3cccc(Cl)c3Cl)[nH]2)cc1O. The van der Waals surface area contributed by atoms with Crippen LogP contribution in [0.5, 0.6) is 40.2 Å². The van der Waals surface area contributed by atoms with Gasteiger partial charge in [0.05, 0.1) is 94.0 Å². The number of nitro benzene ring substituents is 2. The molecule has 0 radical (unpaired) electrons. The zero-order valence-corrected chi connectivity index (χ0v) is 76.9.